The molecular formula is C7H6N3O7P. The molecule has 18 heavy (non-hydrogen) atoms. The number of benzene rings is 1. The molecule has 96 valence electrons. The number of para-hydroxylation sites is 1. The van der Waals surface area contributed by atoms with Gasteiger partial charge in [-0.05, 0) is 12.1 Å². The molecule has 0 spiro atoms. The number of methoxy groups -OCH3 is 1. The number of nitro benzene ring substituents is 1. The Morgan fingerprint density at radius 1 is 1.39 bits per heavy atom. The SMILES string of the molecule is COc1cccc(N2OP3(=O)ON2O3)c1[N+](=O)[O-]. The van der Waals surface area contributed by atoms with Gasteiger partial charge < -0.3 is 4.74 Å². The fraction of sp³-hybridized carbons (Fsp3) is 0.143. The average molecular weight is 275 g/mol. The third-order valence-electron chi connectivity index (χ3n) is 2.25. The lowest BCUT2D eigenvalue weighted by atomic mass is 10.2. The van der Waals surface area contributed by atoms with Crippen molar-refractivity contribution in [1.82, 2.24) is 5.34 Å². The molecule has 0 atom stereocenters. The fourth-order valence-corrected chi connectivity index (χ4v) is 2.43. The first-order valence-corrected chi connectivity index (χ1v) is 6.11. The molecule has 1 aromatic carbocycles. The van der Waals surface area contributed by atoms with Crippen LogP contribution in [0.4, 0.5) is 11.4 Å². The van der Waals surface area contributed by atoms with E-state index < -0.39 is 12.7 Å². The van der Waals surface area contributed by atoms with Crippen LogP contribution in [0.3, 0.4) is 0 Å². The molecule has 3 saturated heterocycles. The summed E-state index contributed by atoms with van der Waals surface area (Å²) in [5.41, 5.74) is -0.373. The van der Waals surface area contributed by atoms with E-state index in [2.05, 4.69) is 9.25 Å². The van der Waals surface area contributed by atoms with E-state index in [0.29, 0.717) is 5.34 Å². The fourth-order valence-electron chi connectivity index (χ4n) is 1.54. The Kier molecular flexibility index (Phi) is 2.30. The Morgan fingerprint density at radius 2 is 2.11 bits per heavy atom. The quantitative estimate of drug-likeness (QED) is 0.461. The van der Waals surface area contributed by atoms with Crippen LogP contribution in [0.15, 0.2) is 18.2 Å². The van der Waals surface area contributed by atoms with Crippen LogP contribution in [0, 0.1) is 10.1 Å². The molecule has 0 radical (unpaired) electrons. The zero-order chi connectivity index (χ0) is 12.9. The number of nitro groups is 1. The van der Waals surface area contributed by atoms with Gasteiger partial charge in [0, 0.05) is 0 Å². The Hall–Kier alpha value is -1.71. The number of anilines is 1. The van der Waals surface area contributed by atoms with E-state index in [1.807, 2.05) is 0 Å². The molecule has 4 rings (SSSR count). The largest absolute Gasteiger partial charge is 0.538 e. The molecule has 0 aliphatic carbocycles. The topological polar surface area (TPSA) is 104 Å². The average Bonchev–Trinajstić information content (AvgIpc) is 2.80. The first-order valence-electron chi connectivity index (χ1n) is 4.65. The van der Waals surface area contributed by atoms with E-state index >= 15 is 0 Å². The summed E-state index contributed by atoms with van der Waals surface area (Å²) in [6.45, 7) is 0. The second-order valence-corrected chi connectivity index (χ2v) is 4.67. The molecule has 3 aliphatic heterocycles. The second kappa shape index (κ2) is 3.64. The van der Waals surface area contributed by atoms with Crippen molar-refractivity contribution < 1.29 is 28.1 Å². The van der Waals surface area contributed by atoms with Crippen molar-refractivity contribution in [2.45, 2.75) is 0 Å². The molecule has 3 fully saturated rings. The summed E-state index contributed by atoms with van der Waals surface area (Å²) in [5, 5.41) is 12.5. The van der Waals surface area contributed by atoms with Gasteiger partial charge in [-0.3, -0.25) is 10.1 Å². The first-order chi connectivity index (χ1) is 8.54. The van der Waals surface area contributed by atoms with Gasteiger partial charge >= 0.3 is 13.5 Å². The van der Waals surface area contributed by atoms with Gasteiger partial charge in [-0.25, -0.2) is 4.57 Å². The van der Waals surface area contributed by atoms with Gasteiger partial charge in [-0.2, -0.15) is 0 Å². The van der Waals surface area contributed by atoms with Crippen LogP contribution in [0.5, 0.6) is 5.75 Å². The highest BCUT2D eigenvalue weighted by Gasteiger charge is 2.61. The van der Waals surface area contributed by atoms with Crippen molar-refractivity contribution in [2.24, 2.45) is 0 Å². The maximum absolute atomic E-state index is 11.3. The number of fused-ring (bicyclic) bond motifs is 1. The summed E-state index contributed by atoms with van der Waals surface area (Å²) in [6, 6.07) is 4.31. The van der Waals surface area contributed by atoms with Crippen LogP contribution in [0.25, 0.3) is 0 Å². The van der Waals surface area contributed by atoms with Gasteiger partial charge in [0.05, 0.1) is 17.4 Å². The third kappa shape index (κ3) is 1.48. The summed E-state index contributed by atoms with van der Waals surface area (Å²) in [4.78, 5) is 10.4. The summed E-state index contributed by atoms with van der Waals surface area (Å²) in [7, 11) is -2.31. The maximum Gasteiger partial charge on any atom is 0.538 e. The summed E-state index contributed by atoms with van der Waals surface area (Å²) in [6.07, 6.45) is 0. The predicted molar refractivity (Wildman–Crippen MR) is 54.8 cm³/mol. The van der Waals surface area contributed by atoms with Crippen molar-refractivity contribution in [3.05, 3.63) is 28.3 Å². The second-order valence-electron chi connectivity index (χ2n) is 3.29. The molecule has 2 bridgehead atoms. The lowest BCUT2D eigenvalue weighted by Gasteiger charge is -2.21. The molecular weight excluding hydrogens is 269 g/mol. The minimum absolute atomic E-state index is 0.0189. The van der Waals surface area contributed by atoms with Crippen molar-refractivity contribution >= 4 is 19.2 Å². The number of phosphoric acid groups is 1. The van der Waals surface area contributed by atoms with Gasteiger partial charge in [0.25, 0.3) is 0 Å². The lowest BCUT2D eigenvalue weighted by molar-refractivity contribution is -0.386. The van der Waals surface area contributed by atoms with Crippen LogP contribution < -0.4 is 9.91 Å². The van der Waals surface area contributed by atoms with E-state index in [0.717, 1.165) is 5.17 Å². The smallest absolute Gasteiger partial charge is 0.490 e. The highest BCUT2D eigenvalue weighted by Crippen LogP contribution is 2.68. The summed E-state index contributed by atoms with van der Waals surface area (Å²) in [5.74, 6) is 0.0321. The van der Waals surface area contributed by atoms with Crippen LogP contribution in [-0.4, -0.2) is 17.4 Å². The Morgan fingerprint density at radius 3 is 2.61 bits per heavy atom. The van der Waals surface area contributed by atoms with Crippen molar-refractivity contribution in [2.75, 3.05) is 12.3 Å². The Bertz CT molecular complexity index is 568. The van der Waals surface area contributed by atoms with E-state index in [9.17, 15) is 14.7 Å². The number of hydrogen-bond donors (Lipinski definition) is 0. The van der Waals surface area contributed by atoms with E-state index in [1.165, 1.54) is 25.3 Å². The zero-order valence-corrected chi connectivity index (χ0v) is 9.77. The third-order valence-corrected chi connectivity index (χ3v) is 3.29. The van der Waals surface area contributed by atoms with Crippen molar-refractivity contribution in [3.63, 3.8) is 0 Å². The maximum atomic E-state index is 11.3. The molecule has 0 aromatic heterocycles. The number of ether oxygens (including phenoxy) is 1. The highest BCUT2D eigenvalue weighted by atomic mass is 31.2. The molecule has 0 amide bonds. The molecule has 11 heteroatoms. The molecule has 1 aromatic rings. The van der Waals surface area contributed by atoms with Crippen LogP contribution in [-0.2, 0) is 18.4 Å². The van der Waals surface area contributed by atoms with Crippen LogP contribution in [0.1, 0.15) is 0 Å². The minimum Gasteiger partial charge on any atom is -0.490 e. The Labute approximate surface area is 99.8 Å². The van der Waals surface area contributed by atoms with Gasteiger partial charge in [-0.1, -0.05) is 6.07 Å². The monoisotopic (exact) mass is 275 g/mol. The number of hydrogen-bond acceptors (Lipinski definition) is 9. The van der Waals surface area contributed by atoms with Gasteiger partial charge in [0.2, 0.25) is 0 Å². The standard InChI is InChI=1S/C7H6N3O7P/c1-14-6-4-2-3-5(7(6)9(11)12)8-10-16-18(13,15-8)17-10/h2-4H,1H3. The van der Waals surface area contributed by atoms with E-state index in [4.69, 9.17) is 9.36 Å². The summed E-state index contributed by atoms with van der Waals surface area (Å²) >= 11 is 0. The van der Waals surface area contributed by atoms with Crippen molar-refractivity contribution in [3.8, 4) is 5.75 Å². The van der Waals surface area contributed by atoms with Gasteiger partial charge in [-0.15, -0.1) is 19.0 Å². The molecule has 3 heterocycles. The van der Waals surface area contributed by atoms with Gasteiger partial charge in [0.15, 0.2) is 11.4 Å². The predicted octanol–water partition coefficient (Wildman–Crippen LogP) is 1.56. The lowest BCUT2D eigenvalue weighted by Crippen LogP contribution is -2.34. The highest BCUT2D eigenvalue weighted by molar-refractivity contribution is 7.49. The number of hydrazine groups is 1. The molecule has 3 aliphatic rings. The van der Waals surface area contributed by atoms with E-state index in [1.54, 1.807) is 0 Å². The van der Waals surface area contributed by atoms with E-state index in [-0.39, 0.29) is 17.1 Å². The summed E-state index contributed by atoms with van der Waals surface area (Å²) < 4.78 is 30.3. The van der Waals surface area contributed by atoms with Crippen LogP contribution >= 0.6 is 7.82 Å². The molecule has 0 saturated carbocycles. The van der Waals surface area contributed by atoms with Crippen molar-refractivity contribution in [1.29, 1.82) is 0 Å². The first kappa shape index (κ1) is 11.4. The zero-order valence-electron chi connectivity index (χ0n) is 8.88. The Balaban J connectivity index is 2.07. The number of rotatable bonds is 3. The number of nitrogens with zero attached hydrogens (tertiary/aromatic N) is 3. The molecule has 0 unspecified atom stereocenters. The molecule has 0 N–H and O–H groups in total. The van der Waals surface area contributed by atoms with Gasteiger partial charge in [0.1, 0.15) is 0 Å². The minimum atomic E-state index is -3.61. The molecule has 10 nitrogen and oxygen atoms in total. The normalized spacial score (nSPS) is 28.9. The van der Waals surface area contributed by atoms with Crippen LogP contribution in [0.2, 0.25) is 0 Å².